The molecule has 134 valence electrons. The predicted molar refractivity (Wildman–Crippen MR) is 94.0 cm³/mol. The summed E-state index contributed by atoms with van der Waals surface area (Å²) >= 11 is 0. The van der Waals surface area contributed by atoms with Crippen LogP contribution in [0.3, 0.4) is 0 Å². The maximum atomic E-state index is 6.16. The molecule has 0 unspecified atom stereocenters. The maximum Gasteiger partial charge on any atom is 0.230 e. The first-order chi connectivity index (χ1) is 12.3. The van der Waals surface area contributed by atoms with Gasteiger partial charge in [-0.25, -0.2) is 0 Å². The van der Waals surface area contributed by atoms with Gasteiger partial charge < -0.3 is 19.3 Å². The summed E-state index contributed by atoms with van der Waals surface area (Å²) in [6.07, 6.45) is 7.04. The Morgan fingerprint density at radius 1 is 1.08 bits per heavy atom. The molecule has 1 aliphatic carbocycles. The molecular weight excluding hydrogens is 318 g/mol. The number of nitrogens with one attached hydrogen (secondary N) is 1. The van der Waals surface area contributed by atoms with E-state index in [0.29, 0.717) is 11.7 Å². The molecule has 6 heteroatoms. The Hall–Kier alpha value is -2.08. The molecule has 2 heterocycles. The molecule has 25 heavy (non-hydrogen) atoms. The van der Waals surface area contributed by atoms with Gasteiger partial charge in [0.2, 0.25) is 11.7 Å². The Kier molecular flexibility index (Phi) is 4.88. The summed E-state index contributed by atoms with van der Waals surface area (Å²) in [4.78, 5) is 4.63. The lowest BCUT2D eigenvalue weighted by Gasteiger charge is -2.18. The number of nitrogens with zero attached hydrogens (tertiary/aromatic N) is 2. The largest absolute Gasteiger partial charge is 0.493 e. The summed E-state index contributed by atoms with van der Waals surface area (Å²) in [6.45, 7) is 2.01. The van der Waals surface area contributed by atoms with Crippen molar-refractivity contribution in [3.8, 4) is 22.9 Å². The van der Waals surface area contributed by atoms with Crippen LogP contribution in [0.15, 0.2) is 22.7 Å². The molecule has 0 bridgehead atoms. The van der Waals surface area contributed by atoms with Gasteiger partial charge in [-0.05, 0) is 69.8 Å². The minimum Gasteiger partial charge on any atom is -0.493 e. The van der Waals surface area contributed by atoms with E-state index in [-0.39, 0.29) is 6.10 Å². The van der Waals surface area contributed by atoms with Crippen molar-refractivity contribution in [2.45, 2.75) is 50.5 Å². The van der Waals surface area contributed by atoms with Crippen LogP contribution in [0.4, 0.5) is 0 Å². The third kappa shape index (κ3) is 3.63. The van der Waals surface area contributed by atoms with Crippen LogP contribution in [-0.2, 0) is 0 Å². The second-order valence-electron chi connectivity index (χ2n) is 6.87. The van der Waals surface area contributed by atoms with E-state index in [1.54, 1.807) is 7.11 Å². The van der Waals surface area contributed by atoms with Crippen LogP contribution in [-0.4, -0.2) is 36.4 Å². The molecule has 1 saturated carbocycles. The fraction of sp³-hybridized carbons (Fsp3) is 0.579. The SMILES string of the molecule is COc1ccc(-c2noc(C3CCNCC3)n2)cc1OC1CCCC1. The zero-order chi connectivity index (χ0) is 17.1. The van der Waals surface area contributed by atoms with Crippen molar-refractivity contribution in [1.82, 2.24) is 15.5 Å². The number of hydrogen-bond acceptors (Lipinski definition) is 6. The van der Waals surface area contributed by atoms with Crippen molar-refractivity contribution in [2.75, 3.05) is 20.2 Å². The highest BCUT2D eigenvalue weighted by Crippen LogP contribution is 2.35. The van der Waals surface area contributed by atoms with E-state index in [4.69, 9.17) is 14.0 Å². The molecule has 4 rings (SSSR count). The van der Waals surface area contributed by atoms with Crippen molar-refractivity contribution in [1.29, 1.82) is 0 Å². The highest BCUT2D eigenvalue weighted by Gasteiger charge is 2.23. The lowest BCUT2D eigenvalue weighted by atomic mass is 9.98. The molecule has 0 atom stereocenters. The highest BCUT2D eigenvalue weighted by atomic mass is 16.5. The molecule has 0 spiro atoms. The number of aromatic nitrogens is 2. The van der Waals surface area contributed by atoms with E-state index < -0.39 is 0 Å². The second-order valence-corrected chi connectivity index (χ2v) is 6.87. The van der Waals surface area contributed by atoms with Gasteiger partial charge in [0, 0.05) is 11.5 Å². The molecule has 1 N–H and O–H groups in total. The first-order valence-electron chi connectivity index (χ1n) is 9.23. The van der Waals surface area contributed by atoms with Gasteiger partial charge >= 0.3 is 0 Å². The Labute approximate surface area is 147 Å². The number of benzene rings is 1. The lowest BCUT2D eigenvalue weighted by molar-refractivity contribution is 0.201. The Balaban J connectivity index is 1.56. The first kappa shape index (κ1) is 16.4. The van der Waals surface area contributed by atoms with E-state index in [9.17, 15) is 0 Å². The van der Waals surface area contributed by atoms with Crippen LogP contribution >= 0.6 is 0 Å². The topological polar surface area (TPSA) is 69.4 Å². The average Bonchev–Trinajstić information content (AvgIpc) is 3.34. The number of ether oxygens (including phenoxy) is 2. The smallest absolute Gasteiger partial charge is 0.230 e. The molecule has 2 aromatic rings. The highest BCUT2D eigenvalue weighted by molar-refractivity contribution is 5.60. The molecule has 2 fully saturated rings. The van der Waals surface area contributed by atoms with Crippen molar-refractivity contribution in [3.05, 3.63) is 24.1 Å². The molecule has 2 aliphatic rings. The number of methoxy groups -OCH3 is 1. The van der Waals surface area contributed by atoms with Crippen molar-refractivity contribution in [3.63, 3.8) is 0 Å². The van der Waals surface area contributed by atoms with Crippen LogP contribution in [0.2, 0.25) is 0 Å². The normalized spacial score (nSPS) is 19.2. The van der Waals surface area contributed by atoms with Gasteiger partial charge in [-0.15, -0.1) is 0 Å². The Morgan fingerprint density at radius 3 is 2.64 bits per heavy atom. The van der Waals surface area contributed by atoms with Gasteiger partial charge in [-0.2, -0.15) is 4.98 Å². The van der Waals surface area contributed by atoms with Crippen molar-refractivity contribution in [2.24, 2.45) is 0 Å². The molecule has 1 aromatic carbocycles. The van der Waals surface area contributed by atoms with Gasteiger partial charge in [0.15, 0.2) is 11.5 Å². The predicted octanol–water partition coefficient (Wildman–Crippen LogP) is 3.53. The van der Waals surface area contributed by atoms with Crippen LogP contribution in [0.5, 0.6) is 11.5 Å². The summed E-state index contributed by atoms with van der Waals surface area (Å²) in [5, 5.41) is 7.54. The molecule has 1 aliphatic heterocycles. The lowest BCUT2D eigenvalue weighted by Crippen LogP contribution is -2.26. The minimum atomic E-state index is 0.278. The maximum absolute atomic E-state index is 6.16. The summed E-state index contributed by atoms with van der Waals surface area (Å²) in [7, 11) is 1.67. The van der Waals surface area contributed by atoms with E-state index in [0.717, 1.165) is 61.7 Å². The molecule has 1 saturated heterocycles. The van der Waals surface area contributed by atoms with Gasteiger partial charge in [-0.1, -0.05) is 5.16 Å². The minimum absolute atomic E-state index is 0.278. The van der Waals surface area contributed by atoms with Crippen molar-refractivity contribution < 1.29 is 14.0 Å². The molecule has 0 amide bonds. The second kappa shape index (κ2) is 7.44. The number of rotatable bonds is 5. The molecule has 0 radical (unpaired) electrons. The Morgan fingerprint density at radius 2 is 1.88 bits per heavy atom. The van der Waals surface area contributed by atoms with Crippen LogP contribution < -0.4 is 14.8 Å². The fourth-order valence-electron chi connectivity index (χ4n) is 3.68. The quantitative estimate of drug-likeness (QED) is 0.895. The molecular formula is C19H25N3O3. The van der Waals surface area contributed by atoms with Gasteiger partial charge in [0.1, 0.15) is 0 Å². The summed E-state index contributed by atoms with van der Waals surface area (Å²) < 4.78 is 17.1. The number of piperidine rings is 1. The van der Waals surface area contributed by atoms with E-state index in [2.05, 4.69) is 15.5 Å². The third-order valence-electron chi connectivity index (χ3n) is 5.15. The van der Waals surface area contributed by atoms with Crippen molar-refractivity contribution >= 4 is 0 Å². The van der Waals surface area contributed by atoms with Gasteiger partial charge in [0.05, 0.1) is 13.2 Å². The van der Waals surface area contributed by atoms with Crippen LogP contribution in [0.1, 0.15) is 50.3 Å². The van der Waals surface area contributed by atoms with Crippen LogP contribution in [0.25, 0.3) is 11.4 Å². The monoisotopic (exact) mass is 343 g/mol. The summed E-state index contributed by atoms with van der Waals surface area (Å²) in [5.41, 5.74) is 0.901. The van der Waals surface area contributed by atoms with E-state index in [1.807, 2.05) is 18.2 Å². The third-order valence-corrected chi connectivity index (χ3v) is 5.15. The van der Waals surface area contributed by atoms with Crippen LogP contribution in [0, 0.1) is 0 Å². The van der Waals surface area contributed by atoms with E-state index >= 15 is 0 Å². The fourth-order valence-corrected chi connectivity index (χ4v) is 3.68. The first-order valence-corrected chi connectivity index (χ1v) is 9.23. The summed E-state index contributed by atoms with van der Waals surface area (Å²) in [5.74, 6) is 3.23. The number of hydrogen-bond donors (Lipinski definition) is 1. The van der Waals surface area contributed by atoms with Gasteiger partial charge in [-0.3, -0.25) is 0 Å². The molecule has 6 nitrogen and oxygen atoms in total. The average molecular weight is 343 g/mol. The Bertz CT molecular complexity index is 704. The standard InChI is InChI=1S/C19H25N3O3/c1-23-16-7-6-14(12-17(16)24-15-4-2-3-5-15)18-21-19(25-22-18)13-8-10-20-11-9-13/h6-7,12-13,15,20H,2-5,8-11H2,1H3. The zero-order valence-corrected chi connectivity index (χ0v) is 14.7. The molecule has 1 aromatic heterocycles. The van der Waals surface area contributed by atoms with E-state index in [1.165, 1.54) is 12.8 Å². The zero-order valence-electron chi connectivity index (χ0n) is 14.7. The summed E-state index contributed by atoms with van der Waals surface area (Å²) in [6, 6.07) is 5.84. The van der Waals surface area contributed by atoms with Gasteiger partial charge in [0.25, 0.3) is 0 Å².